The monoisotopic (exact) mass is 287 g/mol. The number of imidazole rings is 1. The van der Waals surface area contributed by atoms with Crippen molar-refractivity contribution in [1.82, 2.24) is 14.3 Å². The molecule has 1 aliphatic heterocycles. The smallest absolute Gasteiger partial charge is 0.338 e. The highest BCUT2D eigenvalue weighted by Gasteiger charge is 2.24. The molecule has 3 rings (SSSR count). The Kier molecular flexibility index (Phi) is 3.92. The molecule has 1 aliphatic rings. The van der Waals surface area contributed by atoms with Crippen molar-refractivity contribution in [1.29, 1.82) is 0 Å². The van der Waals surface area contributed by atoms with Crippen LogP contribution >= 0.6 is 0 Å². The molecular formula is C16H21N3O2. The molecule has 0 spiro atoms. The number of carbonyl (C=O) groups is 1. The van der Waals surface area contributed by atoms with Gasteiger partial charge < -0.3 is 9.14 Å². The molecule has 2 aromatic rings. The first-order chi connectivity index (χ1) is 10.2. The van der Waals surface area contributed by atoms with Crippen LogP contribution in [0.4, 0.5) is 0 Å². The zero-order chi connectivity index (χ0) is 14.8. The van der Waals surface area contributed by atoms with E-state index in [1.54, 1.807) is 12.1 Å². The first-order valence-corrected chi connectivity index (χ1v) is 7.54. The number of methoxy groups -OCH3 is 1. The lowest BCUT2D eigenvalue weighted by Gasteiger charge is -2.33. The molecular weight excluding hydrogens is 266 g/mol. The Morgan fingerprint density at radius 1 is 1.48 bits per heavy atom. The molecule has 112 valence electrons. The maximum Gasteiger partial charge on any atom is 0.338 e. The van der Waals surface area contributed by atoms with Crippen molar-refractivity contribution in [2.75, 3.05) is 20.2 Å². The molecule has 2 aromatic heterocycles. The SMILES string of the molecule is CCN1CCCCC1c1cn2ccc(C(=O)OC)cc2n1. The largest absolute Gasteiger partial charge is 0.465 e. The first-order valence-electron chi connectivity index (χ1n) is 7.54. The maximum atomic E-state index is 11.6. The average Bonchev–Trinajstić information content (AvgIpc) is 2.96. The fourth-order valence-corrected chi connectivity index (χ4v) is 3.11. The number of piperidine rings is 1. The van der Waals surface area contributed by atoms with Crippen LogP contribution in [-0.4, -0.2) is 40.5 Å². The van der Waals surface area contributed by atoms with Gasteiger partial charge in [-0.15, -0.1) is 0 Å². The topological polar surface area (TPSA) is 46.8 Å². The highest BCUT2D eigenvalue weighted by molar-refractivity contribution is 5.90. The fourth-order valence-electron chi connectivity index (χ4n) is 3.11. The summed E-state index contributed by atoms with van der Waals surface area (Å²) in [5.41, 5.74) is 2.44. The Morgan fingerprint density at radius 3 is 3.10 bits per heavy atom. The molecule has 1 atom stereocenters. The summed E-state index contributed by atoms with van der Waals surface area (Å²) >= 11 is 0. The lowest BCUT2D eigenvalue weighted by molar-refractivity contribution is 0.0600. The van der Waals surface area contributed by atoms with Gasteiger partial charge in [0.1, 0.15) is 5.65 Å². The number of hydrogen-bond donors (Lipinski definition) is 0. The van der Waals surface area contributed by atoms with Gasteiger partial charge in [-0.25, -0.2) is 9.78 Å². The minimum absolute atomic E-state index is 0.324. The van der Waals surface area contributed by atoms with Crippen LogP contribution in [0.1, 0.15) is 48.3 Å². The van der Waals surface area contributed by atoms with E-state index in [0.717, 1.165) is 30.9 Å². The van der Waals surface area contributed by atoms with Gasteiger partial charge in [0.15, 0.2) is 0 Å². The second kappa shape index (κ2) is 5.85. The molecule has 3 heterocycles. The molecule has 0 saturated carbocycles. The summed E-state index contributed by atoms with van der Waals surface area (Å²) in [6.07, 6.45) is 7.63. The first kappa shape index (κ1) is 14.1. The van der Waals surface area contributed by atoms with Gasteiger partial charge in [0.05, 0.1) is 24.4 Å². The molecule has 21 heavy (non-hydrogen) atoms. The number of fused-ring (bicyclic) bond motifs is 1. The number of hydrogen-bond acceptors (Lipinski definition) is 4. The van der Waals surface area contributed by atoms with Crippen molar-refractivity contribution >= 4 is 11.6 Å². The lowest BCUT2D eigenvalue weighted by atomic mass is 10.00. The summed E-state index contributed by atoms with van der Waals surface area (Å²) in [7, 11) is 1.39. The number of carbonyl (C=O) groups excluding carboxylic acids is 1. The second-order valence-electron chi connectivity index (χ2n) is 5.48. The van der Waals surface area contributed by atoms with Crippen molar-refractivity contribution in [2.24, 2.45) is 0 Å². The number of aromatic nitrogens is 2. The van der Waals surface area contributed by atoms with Crippen molar-refractivity contribution in [3.8, 4) is 0 Å². The van der Waals surface area contributed by atoms with E-state index in [-0.39, 0.29) is 5.97 Å². The zero-order valence-corrected chi connectivity index (χ0v) is 12.6. The van der Waals surface area contributed by atoms with E-state index in [1.807, 2.05) is 10.6 Å². The lowest BCUT2D eigenvalue weighted by Crippen LogP contribution is -2.33. The molecule has 0 N–H and O–H groups in total. The van der Waals surface area contributed by atoms with Gasteiger partial charge in [0.25, 0.3) is 0 Å². The Morgan fingerprint density at radius 2 is 2.33 bits per heavy atom. The molecule has 1 saturated heterocycles. The number of pyridine rings is 1. The van der Waals surface area contributed by atoms with E-state index in [0.29, 0.717) is 11.6 Å². The predicted molar refractivity (Wildman–Crippen MR) is 80.4 cm³/mol. The minimum Gasteiger partial charge on any atom is -0.465 e. The van der Waals surface area contributed by atoms with E-state index in [4.69, 9.17) is 9.72 Å². The fraction of sp³-hybridized carbons (Fsp3) is 0.500. The normalized spacial score (nSPS) is 19.8. The standard InChI is InChI=1S/C16H21N3O2/c1-3-18-8-5-4-6-14(18)13-11-19-9-7-12(16(20)21-2)10-15(19)17-13/h7,9-11,14H,3-6,8H2,1-2H3. The Bertz CT molecular complexity index is 650. The van der Waals surface area contributed by atoms with Crippen LogP contribution in [0.5, 0.6) is 0 Å². The summed E-state index contributed by atoms with van der Waals surface area (Å²) in [4.78, 5) is 18.8. The Balaban J connectivity index is 1.94. The number of rotatable bonds is 3. The summed E-state index contributed by atoms with van der Waals surface area (Å²) in [5, 5.41) is 0. The average molecular weight is 287 g/mol. The van der Waals surface area contributed by atoms with Crippen LogP contribution in [0.3, 0.4) is 0 Å². The summed E-state index contributed by atoms with van der Waals surface area (Å²) < 4.78 is 6.73. The summed E-state index contributed by atoms with van der Waals surface area (Å²) in [6.45, 7) is 4.39. The summed E-state index contributed by atoms with van der Waals surface area (Å²) in [5.74, 6) is -0.324. The highest BCUT2D eigenvalue weighted by Crippen LogP contribution is 2.30. The van der Waals surface area contributed by atoms with Gasteiger partial charge in [0.2, 0.25) is 0 Å². The number of nitrogens with zero attached hydrogens (tertiary/aromatic N) is 3. The molecule has 0 amide bonds. The number of esters is 1. The van der Waals surface area contributed by atoms with Gasteiger partial charge in [-0.3, -0.25) is 4.90 Å². The van der Waals surface area contributed by atoms with Crippen LogP contribution < -0.4 is 0 Å². The Hall–Kier alpha value is -1.88. The molecule has 5 nitrogen and oxygen atoms in total. The second-order valence-corrected chi connectivity index (χ2v) is 5.48. The van der Waals surface area contributed by atoms with Crippen molar-refractivity contribution in [3.63, 3.8) is 0 Å². The third kappa shape index (κ3) is 2.65. The van der Waals surface area contributed by atoms with Crippen LogP contribution in [-0.2, 0) is 4.74 Å². The van der Waals surface area contributed by atoms with Crippen LogP contribution in [0.2, 0.25) is 0 Å². The Labute approximate surface area is 124 Å². The molecule has 0 radical (unpaired) electrons. The molecule has 1 fully saturated rings. The van der Waals surface area contributed by atoms with E-state index < -0.39 is 0 Å². The van der Waals surface area contributed by atoms with E-state index >= 15 is 0 Å². The van der Waals surface area contributed by atoms with Crippen LogP contribution in [0.25, 0.3) is 5.65 Å². The molecule has 1 unspecified atom stereocenters. The third-order valence-electron chi connectivity index (χ3n) is 4.26. The quantitative estimate of drug-likeness (QED) is 0.814. The van der Waals surface area contributed by atoms with Gasteiger partial charge in [-0.05, 0) is 38.1 Å². The zero-order valence-electron chi connectivity index (χ0n) is 12.6. The molecule has 0 bridgehead atoms. The van der Waals surface area contributed by atoms with E-state index in [2.05, 4.69) is 18.0 Å². The van der Waals surface area contributed by atoms with Crippen LogP contribution in [0.15, 0.2) is 24.5 Å². The van der Waals surface area contributed by atoms with Gasteiger partial charge in [-0.2, -0.15) is 0 Å². The van der Waals surface area contributed by atoms with Gasteiger partial charge in [-0.1, -0.05) is 13.3 Å². The van der Waals surface area contributed by atoms with Crippen molar-refractivity contribution < 1.29 is 9.53 Å². The number of likely N-dealkylation sites (tertiary alicyclic amines) is 1. The van der Waals surface area contributed by atoms with Crippen LogP contribution in [0, 0.1) is 0 Å². The van der Waals surface area contributed by atoms with E-state index in [1.165, 1.54) is 20.0 Å². The van der Waals surface area contributed by atoms with Crippen molar-refractivity contribution in [3.05, 3.63) is 35.8 Å². The van der Waals surface area contributed by atoms with E-state index in [9.17, 15) is 4.79 Å². The highest BCUT2D eigenvalue weighted by atomic mass is 16.5. The molecule has 0 aliphatic carbocycles. The van der Waals surface area contributed by atoms with Gasteiger partial charge in [0, 0.05) is 12.4 Å². The molecule has 0 aromatic carbocycles. The third-order valence-corrected chi connectivity index (χ3v) is 4.26. The number of ether oxygens (including phenoxy) is 1. The van der Waals surface area contributed by atoms with Crippen molar-refractivity contribution in [2.45, 2.75) is 32.2 Å². The predicted octanol–water partition coefficient (Wildman–Crippen LogP) is 2.67. The molecule has 5 heteroatoms. The van der Waals surface area contributed by atoms with Gasteiger partial charge >= 0.3 is 5.97 Å². The summed E-state index contributed by atoms with van der Waals surface area (Å²) in [6, 6.07) is 3.95. The minimum atomic E-state index is -0.324. The maximum absolute atomic E-state index is 11.6.